The third-order valence-corrected chi connectivity index (χ3v) is 6.59. The van der Waals surface area contributed by atoms with Crippen LogP contribution in [0.1, 0.15) is 33.6 Å². The van der Waals surface area contributed by atoms with Gasteiger partial charge in [0.25, 0.3) is 5.91 Å². The van der Waals surface area contributed by atoms with Gasteiger partial charge in [-0.25, -0.2) is 9.18 Å². The molecule has 11 heteroatoms. The molecule has 0 unspecified atom stereocenters. The molecule has 0 saturated carbocycles. The zero-order valence-corrected chi connectivity index (χ0v) is 19.3. The lowest BCUT2D eigenvalue weighted by Crippen LogP contribution is -2.41. The number of carbonyl (C=O) groups is 2. The van der Waals surface area contributed by atoms with Gasteiger partial charge in [0.15, 0.2) is 0 Å². The Kier molecular flexibility index (Phi) is 7.05. The summed E-state index contributed by atoms with van der Waals surface area (Å²) >= 11 is 7.01. The number of halogens is 2. The van der Waals surface area contributed by atoms with Crippen LogP contribution < -0.4 is 15.4 Å². The predicted molar refractivity (Wildman–Crippen MR) is 125 cm³/mol. The van der Waals surface area contributed by atoms with E-state index in [0.29, 0.717) is 35.2 Å². The molecule has 172 valence electrons. The molecule has 3 amide bonds. The van der Waals surface area contributed by atoms with Gasteiger partial charge in [0.05, 0.1) is 12.1 Å². The van der Waals surface area contributed by atoms with E-state index in [-0.39, 0.29) is 27.9 Å². The van der Waals surface area contributed by atoms with E-state index < -0.39 is 5.82 Å². The number of amides is 3. The summed E-state index contributed by atoms with van der Waals surface area (Å²) in [4.78, 5) is 26.9. The third kappa shape index (κ3) is 5.58. The van der Waals surface area contributed by atoms with E-state index in [4.69, 9.17) is 16.3 Å². The third-order valence-electron chi connectivity index (χ3n) is 5.21. The number of ether oxygens (including phenoxy) is 1. The van der Waals surface area contributed by atoms with Crippen LogP contribution in [0.5, 0.6) is 5.75 Å². The van der Waals surface area contributed by atoms with Crippen molar-refractivity contribution in [2.24, 2.45) is 0 Å². The maximum Gasteiger partial charge on any atom is 0.321 e. The Labute approximate surface area is 198 Å². The van der Waals surface area contributed by atoms with E-state index in [1.807, 2.05) is 0 Å². The van der Waals surface area contributed by atoms with E-state index in [1.165, 1.54) is 29.5 Å². The number of rotatable bonds is 5. The lowest BCUT2D eigenvalue weighted by Gasteiger charge is -2.31. The van der Waals surface area contributed by atoms with Gasteiger partial charge >= 0.3 is 6.03 Å². The van der Waals surface area contributed by atoms with E-state index in [2.05, 4.69) is 20.8 Å². The Bertz CT molecular complexity index is 1160. The summed E-state index contributed by atoms with van der Waals surface area (Å²) in [6, 6.07) is 10.7. The maximum absolute atomic E-state index is 13.3. The average Bonchev–Trinajstić information content (AvgIpc) is 3.33. The van der Waals surface area contributed by atoms with Gasteiger partial charge in [0.1, 0.15) is 16.6 Å². The predicted octanol–water partition coefficient (Wildman–Crippen LogP) is 5.00. The first-order valence-corrected chi connectivity index (χ1v) is 11.4. The van der Waals surface area contributed by atoms with Gasteiger partial charge in [-0.05, 0) is 55.3 Å². The number of aromatic nitrogens is 2. The first-order valence-electron chi connectivity index (χ1n) is 10.2. The number of carbonyl (C=O) groups excluding carboxylic acids is 2. The summed E-state index contributed by atoms with van der Waals surface area (Å²) in [6.45, 7) is 1.02. The lowest BCUT2D eigenvalue weighted by molar-refractivity contribution is 0.102. The van der Waals surface area contributed by atoms with E-state index in [1.54, 1.807) is 36.3 Å². The molecule has 1 fully saturated rings. The van der Waals surface area contributed by atoms with Gasteiger partial charge in [0.2, 0.25) is 5.01 Å². The van der Waals surface area contributed by atoms with Gasteiger partial charge < -0.3 is 20.3 Å². The van der Waals surface area contributed by atoms with Crippen LogP contribution in [0.4, 0.5) is 20.6 Å². The summed E-state index contributed by atoms with van der Waals surface area (Å²) in [7, 11) is 1.57. The fraction of sp³-hybridized carbons (Fsp3) is 0.273. The molecule has 4 rings (SSSR count). The van der Waals surface area contributed by atoms with Gasteiger partial charge in [0, 0.05) is 30.4 Å². The molecular weight excluding hydrogens is 469 g/mol. The van der Waals surface area contributed by atoms with Crippen LogP contribution in [0.2, 0.25) is 5.02 Å². The van der Waals surface area contributed by atoms with Crippen LogP contribution in [-0.2, 0) is 0 Å². The Morgan fingerprint density at radius 3 is 2.64 bits per heavy atom. The molecule has 33 heavy (non-hydrogen) atoms. The van der Waals surface area contributed by atoms with Gasteiger partial charge in [-0.3, -0.25) is 4.79 Å². The zero-order valence-electron chi connectivity index (χ0n) is 17.7. The minimum atomic E-state index is -0.546. The molecule has 0 aliphatic carbocycles. The molecule has 0 bridgehead atoms. The minimum absolute atomic E-state index is 0.0265. The number of benzene rings is 2. The van der Waals surface area contributed by atoms with Crippen molar-refractivity contribution in [3.05, 3.63) is 63.3 Å². The van der Waals surface area contributed by atoms with Crippen molar-refractivity contribution in [2.45, 2.75) is 18.8 Å². The van der Waals surface area contributed by atoms with E-state index in [9.17, 15) is 14.0 Å². The summed E-state index contributed by atoms with van der Waals surface area (Å²) in [5, 5.41) is 14.7. The average molecular weight is 490 g/mol. The largest absolute Gasteiger partial charge is 0.497 e. The normalized spacial score (nSPS) is 15.7. The molecule has 1 saturated heterocycles. The summed E-state index contributed by atoms with van der Waals surface area (Å²) in [5.41, 5.74) is 1.04. The monoisotopic (exact) mass is 489 g/mol. The number of anilines is 2. The zero-order chi connectivity index (χ0) is 23.4. The van der Waals surface area contributed by atoms with Crippen molar-refractivity contribution in [3.8, 4) is 5.75 Å². The highest BCUT2D eigenvalue weighted by molar-refractivity contribution is 7.13. The second kappa shape index (κ2) is 10.1. The lowest BCUT2D eigenvalue weighted by atomic mass is 9.99. The first-order chi connectivity index (χ1) is 15.9. The molecule has 0 spiro atoms. The number of hydrogen-bond acceptors (Lipinski definition) is 6. The molecule has 2 N–H and O–H groups in total. The smallest absolute Gasteiger partial charge is 0.321 e. The Morgan fingerprint density at radius 2 is 1.91 bits per heavy atom. The molecule has 1 aromatic heterocycles. The van der Waals surface area contributed by atoms with Crippen LogP contribution >= 0.6 is 22.9 Å². The van der Waals surface area contributed by atoms with Crippen molar-refractivity contribution >= 4 is 46.3 Å². The Balaban J connectivity index is 1.37. The Morgan fingerprint density at radius 1 is 1.15 bits per heavy atom. The molecule has 2 heterocycles. The van der Waals surface area contributed by atoms with Crippen LogP contribution in [0, 0.1) is 5.82 Å². The van der Waals surface area contributed by atoms with E-state index in [0.717, 1.165) is 12.8 Å². The molecule has 1 aliphatic heterocycles. The summed E-state index contributed by atoms with van der Waals surface area (Å²) in [5.74, 6) is -0.223. The first kappa shape index (κ1) is 22.9. The van der Waals surface area contributed by atoms with Crippen molar-refractivity contribution in [2.75, 3.05) is 30.8 Å². The quantitative estimate of drug-likeness (QED) is 0.525. The highest BCUT2D eigenvalue weighted by Crippen LogP contribution is 2.30. The SMILES string of the molecule is COc1ccc(NC(=O)c2nnc([C@@H]3CCCN(C(=O)Nc4ccc(F)c(Cl)c4)C3)s2)cc1. The summed E-state index contributed by atoms with van der Waals surface area (Å²) in [6.07, 6.45) is 1.62. The van der Waals surface area contributed by atoms with Gasteiger partial charge in [-0.2, -0.15) is 0 Å². The fourth-order valence-corrected chi connectivity index (χ4v) is 4.53. The molecule has 1 atom stereocenters. The number of piperidine rings is 1. The summed E-state index contributed by atoms with van der Waals surface area (Å²) < 4.78 is 18.5. The van der Waals surface area contributed by atoms with Gasteiger partial charge in [-0.1, -0.05) is 22.9 Å². The van der Waals surface area contributed by atoms with Crippen LogP contribution in [0.3, 0.4) is 0 Å². The highest BCUT2D eigenvalue weighted by atomic mass is 35.5. The van der Waals surface area contributed by atoms with Crippen LogP contribution in [0.25, 0.3) is 0 Å². The second-order valence-corrected chi connectivity index (χ2v) is 8.89. The number of hydrogen-bond donors (Lipinski definition) is 2. The topological polar surface area (TPSA) is 96.4 Å². The molecular formula is C22H21ClFN5O3S. The van der Waals surface area contributed by atoms with Crippen molar-refractivity contribution in [1.82, 2.24) is 15.1 Å². The molecule has 0 radical (unpaired) electrons. The fourth-order valence-electron chi connectivity index (χ4n) is 3.49. The number of likely N-dealkylation sites (tertiary alicyclic amines) is 1. The van der Waals surface area contributed by atoms with Crippen molar-refractivity contribution in [1.29, 1.82) is 0 Å². The molecule has 8 nitrogen and oxygen atoms in total. The Hall–Kier alpha value is -3.24. The minimum Gasteiger partial charge on any atom is -0.497 e. The standard InChI is InChI=1S/C22H21ClFN5O3S/c1-32-16-7-4-14(5-8-16)25-19(30)21-28-27-20(33-21)13-3-2-10-29(12-13)22(31)26-15-6-9-18(24)17(23)11-15/h4-9,11,13H,2-3,10,12H2,1H3,(H,25,30)(H,26,31)/t13-/m1/s1. The van der Waals surface area contributed by atoms with Crippen molar-refractivity contribution in [3.63, 3.8) is 0 Å². The number of methoxy groups -OCH3 is 1. The van der Waals surface area contributed by atoms with Crippen LogP contribution in [0.15, 0.2) is 42.5 Å². The van der Waals surface area contributed by atoms with Crippen molar-refractivity contribution < 1.29 is 18.7 Å². The second-order valence-electron chi connectivity index (χ2n) is 7.47. The molecule has 3 aromatic rings. The number of nitrogens with zero attached hydrogens (tertiary/aromatic N) is 3. The molecule has 2 aromatic carbocycles. The van der Waals surface area contributed by atoms with Gasteiger partial charge in [-0.15, -0.1) is 10.2 Å². The van der Waals surface area contributed by atoms with E-state index >= 15 is 0 Å². The maximum atomic E-state index is 13.3. The molecule has 1 aliphatic rings. The number of nitrogens with one attached hydrogen (secondary N) is 2. The number of urea groups is 1. The highest BCUT2D eigenvalue weighted by Gasteiger charge is 2.28. The van der Waals surface area contributed by atoms with Crippen LogP contribution in [-0.4, -0.2) is 47.2 Å².